The molecule has 0 atom stereocenters. The molecule has 0 unspecified atom stereocenters. The molecule has 0 aliphatic carbocycles. The first-order chi connectivity index (χ1) is 5.07. The predicted octanol–water partition coefficient (Wildman–Crippen LogP) is 1.21. The Balaban J connectivity index is 3.85. The Morgan fingerprint density at radius 3 is 2.45 bits per heavy atom. The van der Waals surface area contributed by atoms with Gasteiger partial charge in [-0.3, -0.25) is 9.59 Å². The van der Waals surface area contributed by atoms with Gasteiger partial charge in [0.1, 0.15) is 6.42 Å². The Labute approximate surface area is 65.4 Å². The number of ketones is 1. The molecule has 0 rings (SSSR count). The highest BCUT2D eigenvalue weighted by atomic mass is 16.5. The maximum Gasteiger partial charge on any atom is 0.318 e. The number of ether oxygens (including phenoxy) is 1. The number of hydrogen-bond acceptors (Lipinski definition) is 3. The van der Waals surface area contributed by atoms with Gasteiger partial charge >= 0.3 is 5.97 Å². The van der Waals surface area contributed by atoms with Crippen molar-refractivity contribution in [1.29, 1.82) is 0 Å². The fourth-order valence-corrected chi connectivity index (χ4v) is 0.417. The lowest BCUT2D eigenvalue weighted by molar-refractivity contribution is -0.140. The summed E-state index contributed by atoms with van der Waals surface area (Å²) in [7, 11) is 0. The van der Waals surface area contributed by atoms with Crippen LogP contribution in [0.15, 0.2) is 25.0 Å². The van der Waals surface area contributed by atoms with Crippen molar-refractivity contribution < 1.29 is 14.3 Å². The molecule has 0 saturated carbocycles. The zero-order valence-corrected chi connectivity index (χ0v) is 6.42. The van der Waals surface area contributed by atoms with Crippen molar-refractivity contribution in [2.75, 3.05) is 0 Å². The second-order valence-corrected chi connectivity index (χ2v) is 2.04. The minimum atomic E-state index is -0.604. The van der Waals surface area contributed by atoms with Crippen molar-refractivity contribution >= 4 is 11.8 Å². The average Bonchev–Trinajstić information content (AvgIpc) is 1.87. The topological polar surface area (TPSA) is 43.4 Å². The Kier molecular flexibility index (Phi) is 3.88. The minimum absolute atomic E-state index is 0.263. The fraction of sp³-hybridized carbons (Fsp3) is 0.250. The summed E-state index contributed by atoms with van der Waals surface area (Å²) in [6.07, 6.45) is 0.732. The van der Waals surface area contributed by atoms with Gasteiger partial charge in [-0.2, -0.15) is 0 Å². The van der Waals surface area contributed by atoms with Gasteiger partial charge in [0.05, 0.1) is 6.26 Å². The van der Waals surface area contributed by atoms with Crippen LogP contribution in [0, 0.1) is 0 Å². The highest BCUT2D eigenvalue weighted by molar-refractivity contribution is 6.04. The first kappa shape index (κ1) is 9.62. The third kappa shape index (κ3) is 4.08. The Hall–Kier alpha value is -1.38. The van der Waals surface area contributed by atoms with Crippen LogP contribution < -0.4 is 0 Å². The van der Waals surface area contributed by atoms with E-state index in [0.29, 0.717) is 5.57 Å². The summed E-state index contributed by atoms with van der Waals surface area (Å²) in [5.41, 5.74) is 0.353. The third-order valence-corrected chi connectivity index (χ3v) is 0.996. The summed E-state index contributed by atoms with van der Waals surface area (Å²) in [6.45, 7) is 8.11. The molecule has 0 spiro atoms. The van der Waals surface area contributed by atoms with Gasteiger partial charge in [-0.15, -0.1) is 0 Å². The van der Waals surface area contributed by atoms with Crippen LogP contribution in [0.2, 0.25) is 0 Å². The monoisotopic (exact) mass is 154 g/mol. The number of rotatable bonds is 4. The van der Waals surface area contributed by atoms with Crippen LogP contribution in [0.3, 0.4) is 0 Å². The molecule has 0 heterocycles. The Morgan fingerprint density at radius 2 is 2.09 bits per heavy atom. The summed E-state index contributed by atoms with van der Waals surface area (Å²) in [6, 6.07) is 0. The molecule has 0 amide bonds. The predicted molar refractivity (Wildman–Crippen MR) is 40.7 cm³/mol. The normalized spacial score (nSPS) is 8.45. The largest absolute Gasteiger partial charge is 0.435 e. The van der Waals surface area contributed by atoms with Gasteiger partial charge in [-0.05, 0) is 12.5 Å². The van der Waals surface area contributed by atoms with Gasteiger partial charge in [0.2, 0.25) is 0 Å². The van der Waals surface area contributed by atoms with E-state index in [-0.39, 0.29) is 12.2 Å². The number of carbonyl (C=O) groups excluding carboxylic acids is 2. The van der Waals surface area contributed by atoms with E-state index >= 15 is 0 Å². The molecule has 0 aliphatic heterocycles. The maximum atomic E-state index is 10.8. The van der Waals surface area contributed by atoms with E-state index in [0.717, 1.165) is 6.26 Å². The van der Waals surface area contributed by atoms with Crippen LogP contribution >= 0.6 is 0 Å². The van der Waals surface area contributed by atoms with E-state index in [1.807, 2.05) is 0 Å². The van der Waals surface area contributed by atoms with Gasteiger partial charge in [-0.25, -0.2) is 0 Å². The minimum Gasteiger partial charge on any atom is -0.435 e. The SMILES string of the molecule is C=COC(=O)CC(=O)C(=C)C. The van der Waals surface area contributed by atoms with Crippen molar-refractivity contribution in [3.63, 3.8) is 0 Å². The van der Waals surface area contributed by atoms with Crippen molar-refractivity contribution in [3.8, 4) is 0 Å². The second-order valence-electron chi connectivity index (χ2n) is 2.04. The van der Waals surface area contributed by atoms with Crippen LogP contribution in [0.25, 0.3) is 0 Å². The van der Waals surface area contributed by atoms with Gasteiger partial charge in [-0.1, -0.05) is 13.2 Å². The molecule has 11 heavy (non-hydrogen) atoms. The maximum absolute atomic E-state index is 10.8. The van der Waals surface area contributed by atoms with E-state index in [2.05, 4.69) is 17.9 Å². The van der Waals surface area contributed by atoms with E-state index in [1.54, 1.807) is 6.92 Å². The van der Waals surface area contributed by atoms with E-state index < -0.39 is 5.97 Å². The number of Topliss-reactive ketones (excluding diaryl/α,β-unsaturated/α-hetero) is 1. The fourth-order valence-electron chi connectivity index (χ4n) is 0.417. The molecule has 3 nitrogen and oxygen atoms in total. The molecular weight excluding hydrogens is 144 g/mol. The van der Waals surface area contributed by atoms with Crippen LogP contribution in [-0.4, -0.2) is 11.8 Å². The number of allylic oxidation sites excluding steroid dienone is 1. The van der Waals surface area contributed by atoms with Gasteiger partial charge in [0, 0.05) is 0 Å². The van der Waals surface area contributed by atoms with Crippen LogP contribution in [0.5, 0.6) is 0 Å². The number of hydrogen-bond donors (Lipinski definition) is 0. The lowest BCUT2D eigenvalue weighted by atomic mass is 10.2. The molecule has 3 heteroatoms. The summed E-state index contributed by atoms with van der Waals surface area (Å²) in [4.78, 5) is 21.4. The van der Waals surface area contributed by atoms with Gasteiger partial charge in [0.25, 0.3) is 0 Å². The standard InChI is InChI=1S/C8H10O3/c1-4-11-8(10)5-7(9)6(2)3/h4H,1-2,5H2,3H3. The molecule has 0 fully saturated rings. The second kappa shape index (κ2) is 4.44. The lowest BCUT2D eigenvalue weighted by Gasteiger charge is -1.96. The highest BCUT2D eigenvalue weighted by Gasteiger charge is 2.09. The molecule has 0 aromatic carbocycles. The third-order valence-electron chi connectivity index (χ3n) is 0.996. The van der Waals surface area contributed by atoms with Crippen molar-refractivity contribution in [2.45, 2.75) is 13.3 Å². The Bertz CT molecular complexity index is 203. The quantitative estimate of drug-likeness (QED) is 0.264. The lowest BCUT2D eigenvalue weighted by Crippen LogP contribution is -2.08. The van der Waals surface area contributed by atoms with Crippen LogP contribution in [-0.2, 0) is 14.3 Å². The van der Waals surface area contributed by atoms with Crippen LogP contribution in [0.1, 0.15) is 13.3 Å². The van der Waals surface area contributed by atoms with E-state index in [9.17, 15) is 9.59 Å². The average molecular weight is 154 g/mol. The van der Waals surface area contributed by atoms with Crippen molar-refractivity contribution in [2.24, 2.45) is 0 Å². The molecule has 0 aromatic heterocycles. The first-order valence-electron chi connectivity index (χ1n) is 3.07. The summed E-state index contributed by atoms with van der Waals surface area (Å²) in [5, 5.41) is 0. The number of carbonyl (C=O) groups is 2. The first-order valence-corrected chi connectivity index (χ1v) is 3.07. The molecule has 60 valence electrons. The molecule has 0 aliphatic rings. The molecule has 0 bridgehead atoms. The van der Waals surface area contributed by atoms with Crippen molar-refractivity contribution in [1.82, 2.24) is 0 Å². The summed E-state index contributed by atoms with van der Waals surface area (Å²) in [5.74, 6) is -0.912. The smallest absolute Gasteiger partial charge is 0.318 e. The zero-order chi connectivity index (χ0) is 8.85. The van der Waals surface area contributed by atoms with Crippen LogP contribution in [0.4, 0.5) is 0 Å². The highest BCUT2D eigenvalue weighted by Crippen LogP contribution is 1.96. The summed E-state index contributed by atoms with van der Waals surface area (Å²) < 4.78 is 4.33. The molecule has 0 saturated heterocycles. The van der Waals surface area contributed by atoms with Gasteiger partial charge in [0.15, 0.2) is 5.78 Å². The van der Waals surface area contributed by atoms with E-state index in [1.165, 1.54) is 0 Å². The van der Waals surface area contributed by atoms with Gasteiger partial charge < -0.3 is 4.74 Å². The summed E-state index contributed by atoms with van der Waals surface area (Å²) >= 11 is 0. The zero-order valence-electron chi connectivity index (χ0n) is 6.42. The Morgan fingerprint density at radius 1 is 1.55 bits per heavy atom. The number of esters is 1. The van der Waals surface area contributed by atoms with E-state index in [4.69, 9.17) is 0 Å². The molecule has 0 aromatic rings. The van der Waals surface area contributed by atoms with Crippen molar-refractivity contribution in [3.05, 3.63) is 25.0 Å². The molecule has 0 radical (unpaired) electrons. The molecular formula is C8H10O3. The molecule has 0 N–H and O–H groups in total.